The van der Waals surface area contributed by atoms with Crippen LogP contribution in [-0.2, 0) is 11.3 Å². The van der Waals surface area contributed by atoms with Crippen LogP contribution in [0.4, 0.5) is 5.82 Å². The number of methoxy groups -OCH3 is 2. The van der Waals surface area contributed by atoms with Gasteiger partial charge >= 0.3 is 0 Å². The molecule has 5 rings (SSSR count). The van der Waals surface area contributed by atoms with Gasteiger partial charge in [-0.05, 0) is 6.07 Å². The minimum Gasteiger partial charge on any atom is -0.497 e. The van der Waals surface area contributed by atoms with Gasteiger partial charge in [0.1, 0.15) is 22.9 Å². The summed E-state index contributed by atoms with van der Waals surface area (Å²) in [6.45, 7) is 5.04. The molecule has 3 aromatic heterocycles. The minimum atomic E-state index is -0.330. The number of aromatic nitrogens is 6. The average Bonchev–Trinajstić information content (AvgIpc) is 3.42. The molecule has 192 valence electrons. The van der Waals surface area contributed by atoms with Crippen LogP contribution in [0.25, 0.3) is 28.3 Å². The van der Waals surface area contributed by atoms with E-state index in [-0.39, 0.29) is 11.4 Å². The van der Waals surface area contributed by atoms with Crippen LogP contribution in [0.5, 0.6) is 11.5 Å². The summed E-state index contributed by atoms with van der Waals surface area (Å²) in [6, 6.07) is 8.08. The van der Waals surface area contributed by atoms with Gasteiger partial charge in [0.25, 0.3) is 5.56 Å². The van der Waals surface area contributed by atoms with E-state index in [1.807, 2.05) is 10.9 Å². The maximum Gasteiger partial charge on any atom is 0.271 e. The van der Waals surface area contributed by atoms with E-state index in [2.05, 4.69) is 20.1 Å². The molecule has 1 aliphatic heterocycles. The molecule has 0 spiro atoms. The van der Waals surface area contributed by atoms with E-state index in [4.69, 9.17) is 24.9 Å². The second kappa shape index (κ2) is 10.8. The van der Waals surface area contributed by atoms with Crippen molar-refractivity contribution in [2.45, 2.75) is 6.54 Å². The second-order valence-electron chi connectivity index (χ2n) is 8.47. The lowest BCUT2D eigenvalue weighted by molar-refractivity contribution is 0.0360. The zero-order valence-corrected chi connectivity index (χ0v) is 20.7. The lowest BCUT2D eigenvalue weighted by Gasteiger charge is -2.26. The monoisotopic (exact) mass is 504 g/mol. The summed E-state index contributed by atoms with van der Waals surface area (Å²) in [5, 5.41) is 8.99. The van der Waals surface area contributed by atoms with E-state index in [0.717, 1.165) is 45.0 Å². The fraction of sp³-hybridized carbons (Fsp3) is 0.320. The van der Waals surface area contributed by atoms with Gasteiger partial charge in [-0.2, -0.15) is 14.9 Å². The highest BCUT2D eigenvalue weighted by molar-refractivity contribution is 5.70. The summed E-state index contributed by atoms with van der Waals surface area (Å²) < 4.78 is 19.2. The van der Waals surface area contributed by atoms with Crippen molar-refractivity contribution in [1.29, 1.82) is 0 Å². The summed E-state index contributed by atoms with van der Waals surface area (Å²) in [5.41, 5.74) is 8.49. The number of nitrogens with zero attached hydrogens (tertiary/aromatic N) is 7. The van der Waals surface area contributed by atoms with E-state index < -0.39 is 0 Å². The molecular formula is C25H28N8O4. The molecule has 2 N–H and O–H groups in total. The molecule has 12 heteroatoms. The largest absolute Gasteiger partial charge is 0.497 e. The zero-order chi connectivity index (χ0) is 25.8. The summed E-state index contributed by atoms with van der Waals surface area (Å²) >= 11 is 0. The number of hydrogen-bond donors (Lipinski definition) is 1. The first-order valence-electron chi connectivity index (χ1n) is 11.8. The number of benzene rings is 1. The van der Waals surface area contributed by atoms with Gasteiger partial charge < -0.3 is 19.9 Å². The molecule has 0 bridgehead atoms. The van der Waals surface area contributed by atoms with Crippen LogP contribution in [0.2, 0.25) is 0 Å². The Hall–Kier alpha value is -4.29. The molecule has 0 saturated carbocycles. The Morgan fingerprint density at radius 1 is 1.00 bits per heavy atom. The van der Waals surface area contributed by atoms with Gasteiger partial charge in [-0.25, -0.2) is 9.97 Å². The number of anilines is 1. The van der Waals surface area contributed by atoms with Gasteiger partial charge in [0.2, 0.25) is 0 Å². The molecule has 0 atom stereocenters. The fourth-order valence-electron chi connectivity index (χ4n) is 4.05. The molecule has 4 heterocycles. The van der Waals surface area contributed by atoms with Gasteiger partial charge in [0.15, 0.2) is 5.82 Å². The molecule has 0 unspecified atom stereocenters. The topological polar surface area (TPSA) is 135 Å². The number of nitrogen functional groups attached to an aromatic ring is 1. The van der Waals surface area contributed by atoms with Crippen LogP contribution in [0.1, 0.15) is 0 Å². The second-order valence-corrected chi connectivity index (χ2v) is 8.47. The maximum absolute atomic E-state index is 12.7. The molecule has 37 heavy (non-hydrogen) atoms. The maximum atomic E-state index is 12.7. The van der Waals surface area contributed by atoms with E-state index in [9.17, 15) is 4.79 Å². The van der Waals surface area contributed by atoms with E-state index >= 15 is 0 Å². The van der Waals surface area contributed by atoms with Gasteiger partial charge in [-0.15, -0.1) is 0 Å². The summed E-state index contributed by atoms with van der Waals surface area (Å²) in [6.07, 6.45) is 5.28. The molecule has 1 fully saturated rings. The van der Waals surface area contributed by atoms with Crippen LogP contribution in [0.3, 0.4) is 0 Å². The minimum absolute atomic E-state index is 0.199. The van der Waals surface area contributed by atoms with Crippen molar-refractivity contribution in [3.63, 3.8) is 0 Å². The van der Waals surface area contributed by atoms with Crippen molar-refractivity contribution in [3.05, 3.63) is 59.3 Å². The Morgan fingerprint density at radius 3 is 2.49 bits per heavy atom. The lowest BCUT2D eigenvalue weighted by Crippen LogP contribution is -2.38. The molecule has 1 aromatic carbocycles. The molecule has 12 nitrogen and oxygen atoms in total. The average molecular weight is 505 g/mol. The Labute approximate surface area is 213 Å². The Balaban J connectivity index is 1.43. The number of rotatable bonds is 8. The lowest BCUT2D eigenvalue weighted by atomic mass is 10.2. The Kier molecular flexibility index (Phi) is 7.10. The SMILES string of the molecule is COc1cc(OC)cc(-n2nc(-c3nc(-c4cnn(CCN5CCOCC5)c4)cnc3N)ccc2=O)c1. The van der Waals surface area contributed by atoms with E-state index in [1.54, 1.807) is 36.7 Å². The molecule has 0 amide bonds. The third-order valence-electron chi connectivity index (χ3n) is 6.10. The van der Waals surface area contributed by atoms with Crippen LogP contribution in [-0.4, -0.2) is 81.5 Å². The fourth-order valence-corrected chi connectivity index (χ4v) is 4.05. The number of morpholine rings is 1. The highest BCUT2D eigenvalue weighted by Gasteiger charge is 2.15. The molecule has 0 aliphatic carbocycles. The first-order chi connectivity index (χ1) is 18.0. The van der Waals surface area contributed by atoms with Gasteiger partial charge in [-0.3, -0.25) is 14.4 Å². The van der Waals surface area contributed by atoms with Crippen molar-refractivity contribution >= 4 is 5.82 Å². The summed E-state index contributed by atoms with van der Waals surface area (Å²) in [7, 11) is 3.08. The quantitative estimate of drug-likeness (QED) is 0.376. The van der Waals surface area contributed by atoms with Crippen LogP contribution in [0, 0.1) is 0 Å². The van der Waals surface area contributed by atoms with Gasteiger partial charge in [-0.1, -0.05) is 0 Å². The Morgan fingerprint density at radius 2 is 1.76 bits per heavy atom. The molecule has 1 saturated heterocycles. The zero-order valence-electron chi connectivity index (χ0n) is 20.7. The Bertz CT molecular complexity index is 1420. The number of ether oxygens (including phenoxy) is 3. The van der Waals surface area contributed by atoms with Crippen molar-refractivity contribution in [1.82, 2.24) is 34.4 Å². The standard InChI is InChI=1S/C25H28N8O4/c1-35-19-11-18(12-20(13-19)36-2)33-23(34)4-3-21(30-33)24-25(26)27-15-22(29-24)17-14-28-32(16-17)6-5-31-7-9-37-10-8-31/h3-4,11-16H,5-10H2,1-2H3,(H2,26,27). The number of hydrogen-bond acceptors (Lipinski definition) is 10. The van der Waals surface area contributed by atoms with Crippen LogP contribution in [0.15, 0.2) is 53.7 Å². The summed E-state index contributed by atoms with van der Waals surface area (Å²) in [5.74, 6) is 1.25. The van der Waals surface area contributed by atoms with Crippen molar-refractivity contribution < 1.29 is 14.2 Å². The smallest absolute Gasteiger partial charge is 0.271 e. The first-order valence-corrected chi connectivity index (χ1v) is 11.8. The van der Waals surface area contributed by atoms with Crippen molar-refractivity contribution in [2.75, 3.05) is 52.8 Å². The molecule has 1 aliphatic rings. The first kappa shape index (κ1) is 24.4. The van der Waals surface area contributed by atoms with Gasteiger partial charge in [0, 0.05) is 55.7 Å². The van der Waals surface area contributed by atoms with Crippen LogP contribution >= 0.6 is 0 Å². The normalized spacial score (nSPS) is 14.0. The third-order valence-corrected chi connectivity index (χ3v) is 6.10. The number of nitrogens with two attached hydrogens (primary N) is 1. The van der Waals surface area contributed by atoms with Crippen molar-refractivity contribution in [3.8, 4) is 39.8 Å². The molecule has 4 aromatic rings. The highest BCUT2D eigenvalue weighted by Crippen LogP contribution is 2.26. The summed E-state index contributed by atoms with van der Waals surface area (Å²) in [4.78, 5) is 24.1. The van der Waals surface area contributed by atoms with Gasteiger partial charge in [0.05, 0.1) is 57.8 Å². The van der Waals surface area contributed by atoms with E-state index in [0.29, 0.717) is 34.3 Å². The highest BCUT2D eigenvalue weighted by atomic mass is 16.5. The predicted molar refractivity (Wildman–Crippen MR) is 137 cm³/mol. The van der Waals surface area contributed by atoms with E-state index in [1.165, 1.54) is 25.0 Å². The van der Waals surface area contributed by atoms with Crippen molar-refractivity contribution in [2.24, 2.45) is 0 Å². The molecule has 0 radical (unpaired) electrons. The third kappa shape index (κ3) is 5.44. The van der Waals surface area contributed by atoms with Crippen LogP contribution < -0.4 is 20.8 Å². The molecular weight excluding hydrogens is 476 g/mol. The predicted octanol–water partition coefficient (Wildman–Crippen LogP) is 1.48.